The molecule has 3 rings (SSSR count). The van der Waals surface area contributed by atoms with Crippen molar-refractivity contribution in [1.82, 2.24) is 5.32 Å². The summed E-state index contributed by atoms with van der Waals surface area (Å²) in [5.41, 5.74) is 2.33. The molecule has 3 nitrogen and oxygen atoms in total. The highest BCUT2D eigenvalue weighted by molar-refractivity contribution is 5.95. The summed E-state index contributed by atoms with van der Waals surface area (Å²) in [4.78, 5) is 13.7. The van der Waals surface area contributed by atoms with Gasteiger partial charge in [-0.05, 0) is 62.8 Å². The molecule has 1 saturated heterocycles. The molecular formula is C19H26N2O. The predicted molar refractivity (Wildman–Crippen MR) is 90.9 cm³/mol. The second-order valence-corrected chi connectivity index (χ2v) is 6.52. The Kier molecular flexibility index (Phi) is 4.94. The van der Waals surface area contributed by atoms with Gasteiger partial charge in [0.15, 0.2) is 0 Å². The molecule has 1 aliphatic heterocycles. The molecule has 1 N–H and O–H groups in total. The molecule has 0 bridgehead atoms. The van der Waals surface area contributed by atoms with E-state index in [1.54, 1.807) is 0 Å². The van der Waals surface area contributed by atoms with Crippen LogP contribution in [0.2, 0.25) is 0 Å². The van der Waals surface area contributed by atoms with Gasteiger partial charge in [-0.25, -0.2) is 0 Å². The molecule has 1 amide bonds. The molecule has 0 radical (unpaired) electrons. The summed E-state index contributed by atoms with van der Waals surface area (Å²) in [7, 11) is 0. The first kappa shape index (κ1) is 15.3. The van der Waals surface area contributed by atoms with Gasteiger partial charge in [0.25, 0.3) is 0 Å². The van der Waals surface area contributed by atoms with Crippen LogP contribution < -0.4 is 10.2 Å². The van der Waals surface area contributed by atoms with Gasteiger partial charge >= 0.3 is 0 Å². The van der Waals surface area contributed by atoms with E-state index in [4.69, 9.17) is 0 Å². The van der Waals surface area contributed by atoms with Crippen molar-refractivity contribution in [2.45, 2.75) is 45.1 Å². The van der Waals surface area contributed by atoms with Gasteiger partial charge < -0.3 is 10.2 Å². The minimum atomic E-state index is 0.254. The number of carbonyl (C=O) groups is 1. The van der Waals surface area contributed by atoms with E-state index in [9.17, 15) is 4.79 Å². The molecule has 1 fully saturated rings. The van der Waals surface area contributed by atoms with Gasteiger partial charge in [-0.1, -0.05) is 24.3 Å². The van der Waals surface area contributed by atoms with Crippen LogP contribution in [0.3, 0.4) is 0 Å². The molecule has 0 spiro atoms. The molecule has 22 heavy (non-hydrogen) atoms. The standard InChI is InChI=1S/C19H26N2O/c1-15(20-14-16-6-3-2-4-7-16)17-9-11-18(12-10-17)21-13-5-8-19(21)22/h2-3,9-12,15-16,20H,4-8,13-14H2,1H3/t15-,16-/m0/s1. The van der Waals surface area contributed by atoms with E-state index in [-0.39, 0.29) is 5.91 Å². The normalized spacial score (nSPS) is 23.0. The Labute approximate surface area is 133 Å². The van der Waals surface area contributed by atoms with Crippen LogP contribution in [0.4, 0.5) is 5.69 Å². The monoisotopic (exact) mass is 298 g/mol. The zero-order valence-electron chi connectivity index (χ0n) is 13.4. The highest BCUT2D eigenvalue weighted by Gasteiger charge is 2.21. The van der Waals surface area contributed by atoms with Crippen molar-refractivity contribution < 1.29 is 4.79 Å². The van der Waals surface area contributed by atoms with Gasteiger partial charge in [-0.2, -0.15) is 0 Å². The minimum Gasteiger partial charge on any atom is -0.312 e. The van der Waals surface area contributed by atoms with E-state index in [0.29, 0.717) is 12.5 Å². The maximum atomic E-state index is 11.8. The quantitative estimate of drug-likeness (QED) is 0.838. The smallest absolute Gasteiger partial charge is 0.227 e. The van der Waals surface area contributed by atoms with Gasteiger partial charge in [0.2, 0.25) is 5.91 Å². The van der Waals surface area contributed by atoms with Crippen LogP contribution in [0.25, 0.3) is 0 Å². The summed E-state index contributed by atoms with van der Waals surface area (Å²) in [5, 5.41) is 3.65. The van der Waals surface area contributed by atoms with E-state index < -0.39 is 0 Å². The highest BCUT2D eigenvalue weighted by Crippen LogP contribution is 2.24. The molecule has 1 heterocycles. The summed E-state index contributed by atoms with van der Waals surface area (Å²) in [6.45, 7) is 4.16. The lowest BCUT2D eigenvalue weighted by Gasteiger charge is -2.22. The number of allylic oxidation sites excluding steroid dienone is 2. The summed E-state index contributed by atoms with van der Waals surface area (Å²) < 4.78 is 0. The number of carbonyl (C=O) groups excluding carboxylic acids is 1. The third kappa shape index (κ3) is 3.58. The van der Waals surface area contributed by atoms with Gasteiger partial charge in [-0.15, -0.1) is 0 Å². The van der Waals surface area contributed by atoms with Crippen molar-refractivity contribution in [3.05, 3.63) is 42.0 Å². The molecule has 0 saturated carbocycles. The molecule has 3 heteroatoms. The number of anilines is 1. The lowest BCUT2D eigenvalue weighted by molar-refractivity contribution is -0.117. The van der Waals surface area contributed by atoms with Crippen LogP contribution in [0.5, 0.6) is 0 Å². The Hall–Kier alpha value is -1.61. The van der Waals surface area contributed by atoms with E-state index in [0.717, 1.165) is 31.1 Å². The Morgan fingerprint density at radius 3 is 2.73 bits per heavy atom. The molecule has 1 aromatic rings. The third-order valence-corrected chi connectivity index (χ3v) is 4.87. The van der Waals surface area contributed by atoms with Gasteiger partial charge in [-0.3, -0.25) is 4.79 Å². The Bertz CT molecular complexity index is 535. The average molecular weight is 298 g/mol. The van der Waals surface area contributed by atoms with Crippen LogP contribution in [-0.2, 0) is 4.79 Å². The van der Waals surface area contributed by atoms with Crippen LogP contribution in [0, 0.1) is 5.92 Å². The zero-order valence-corrected chi connectivity index (χ0v) is 13.4. The first-order valence-electron chi connectivity index (χ1n) is 8.53. The summed E-state index contributed by atoms with van der Waals surface area (Å²) in [6.07, 6.45) is 9.99. The summed E-state index contributed by atoms with van der Waals surface area (Å²) >= 11 is 0. The topological polar surface area (TPSA) is 32.3 Å². The van der Waals surface area contributed by atoms with Crippen molar-refractivity contribution in [3.63, 3.8) is 0 Å². The number of amides is 1. The largest absolute Gasteiger partial charge is 0.312 e. The minimum absolute atomic E-state index is 0.254. The Balaban J connectivity index is 1.55. The number of rotatable bonds is 5. The SMILES string of the molecule is C[C@H](NC[C@H]1CC=CCC1)c1ccc(N2CCCC2=O)cc1. The number of hydrogen-bond donors (Lipinski definition) is 1. The molecule has 2 atom stereocenters. The second-order valence-electron chi connectivity index (χ2n) is 6.52. The molecule has 1 aromatic carbocycles. The number of hydrogen-bond acceptors (Lipinski definition) is 2. The van der Waals surface area contributed by atoms with Crippen molar-refractivity contribution in [3.8, 4) is 0 Å². The van der Waals surface area contributed by atoms with E-state index in [1.807, 2.05) is 4.90 Å². The molecule has 0 aromatic heterocycles. The zero-order chi connectivity index (χ0) is 15.4. The van der Waals surface area contributed by atoms with Crippen molar-refractivity contribution in [2.75, 3.05) is 18.0 Å². The molecule has 1 aliphatic carbocycles. The molecular weight excluding hydrogens is 272 g/mol. The molecule has 0 unspecified atom stereocenters. The van der Waals surface area contributed by atoms with Gasteiger partial charge in [0, 0.05) is 24.7 Å². The van der Waals surface area contributed by atoms with E-state index >= 15 is 0 Å². The van der Waals surface area contributed by atoms with Gasteiger partial charge in [0.1, 0.15) is 0 Å². The fraction of sp³-hybridized carbons (Fsp3) is 0.526. The van der Waals surface area contributed by atoms with Crippen LogP contribution >= 0.6 is 0 Å². The number of nitrogens with zero attached hydrogens (tertiary/aromatic N) is 1. The fourth-order valence-corrected chi connectivity index (χ4v) is 3.37. The lowest BCUT2D eigenvalue weighted by Crippen LogP contribution is -2.26. The van der Waals surface area contributed by atoms with Crippen LogP contribution in [0.1, 0.15) is 50.6 Å². The number of benzene rings is 1. The summed E-state index contributed by atoms with van der Waals surface area (Å²) in [5.74, 6) is 1.03. The predicted octanol–water partition coefficient (Wildman–Crippen LogP) is 3.82. The molecule has 2 aliphatic rings. The van der Waals surface area contributed by atoms with Crippen LogP contribution in [0.15, 0.2) is 36.4 Å². The highest BCUT2D eigenvalue weighted by atomic mass is 16.2. The van der Waals surface area contributed by atoms with E-state index in [2.05, 4.69) is 48.7 Å². The second kappa shape index (κ2) is 7.10. The number of nitrogens with one attached hydrogen (secondary N) is 1. The Morgan fingerprint density at radius 2 is 2.09 bits per heavy atom. The van der Waals surface area contributed by atoms with Crippen molar-refractivity contribution in [1.29, 1.82) is 0 Å². The van der Waals surface area contributed by atoms with Gasteiger partial charge in [0.05, 0.1) is 0 Å². The maximum Gasteiger partial charge on any atom is 0.227 e. The van der Waals surface area contributed by atoms with Crippen LogP contribution in [-0.4, -0.2) is 19.0 Å². The third-order valence-electron chi connectivity index (χ3n) is 4.87. The molecule has 118 valence electrons. The average Bonchev–Trinajstić information content (AvgIpc) is 3.00. The lowest BCUT2D eigenvalue weighted by atomic mass is 9.94. The van der Waals surface area contributed by atoms with Crippen molar-refractivity contribution in [2.24, 2.45) is 5.92 Å². The summed E-state index contributed by atoms with van der Waals surface area (Å²) in [6, 6.07) is 8.83. The first-order valence-corrected chi connectivity index (χ1v) is 8.53. The van der Waals surface area contributed by atoms with Crippen molar-refractivity contribution >= 4 is 11.6 Å². The first-order chi connectivity index (χ1) is 10.7. The fourth-order valence-electron chi connectivity index (χ4n) is 3.37. The Morgan fingerprint density at radius 1 is 1.27 bits per heavy atom. The maximum absolute atomic E-state index is 11.8. The van der Waals surface area contributed by atoms with E-state index in [1.165, 1.54) is 24.8 Å².